The highest BCUT2D eigenvalue weighted by Crippen LogP contribution is 2.32. The van der Waals surface area contributed by atoms with Gasteiger partial charge in [-0.05, 0) is 31.0 Å². The molecule has 2 heterocycles. The van der Waals surface area contributed by atoms with Crippen LogP contribution in [-0.4, -0.2) is 57.4 Å². The monoisotopic (exact) mass is 489 g/mol. The Balaban J connectivity index is 1.88. The summed E-state index contributed by atoms with van der Waals surface area (Å²) in [5, 5.41) is 9.75. The van der Waals surface area contributed by atoms with Crippen LogP contribution < -0.4 is 14.8 Å². The van der Waals surface area contributed by atoms with Crippen molar-refractivity contribution in [2.45, 2.75) is 41.8 Å². The van der Waals surface area contributed by atoms with Crippen LogP contribution in [0.25, 0.3) is 0 Å². The summed E-state index contributed by atoms with van der Waals surface area (Å²) in [6.07, 6.45) is 2.70. The highest BCUT2D eigenvalue weighted by atomic mass is 32.2. The van der Waals surface area contributed by atoms with E-state index in [1.165, 1.54) is 29.6 Å². The Morgan fingerprint density at radius 3 is 2.52 bits per heavy atom. The van der Waals surface area contributed by atoms with Crippen LogP contribution >= 0.6 is 11.3 Å². The number of anilines is 2. The summed E-state index contributed by atoms with van der Waals surface area (Å²) in [7, 11) is -6.66. The van der Waals surface area contributed by atoms with E-state index >= 15 is 0 Å². The predicted octanol–water partition coefficient (Wildman–Crippen LogP) is 1.87. The topological polar surface area (TPSA) is 148 Å². The number of rotatable bonds is 8. The number of carbonyl (C=O) groups excluding carboxylic acids is 1. The molecule has 1 aliphatic rings. The van der Waals surface area contributed by atoms with Gasteiger partial charge in [-0.2, -0.15) is 12.7 Å². The van der Waals surface area contributed by atoms with Crippen LogP contribution in [0.1, 0.15) is 32.6 Å². The summed E-state index contributed by atoms with van der Waals surface area (Å²) < 4.78 is 60.1. The normalized spacial score (nSPS) is 15.4. The van der Waals surface area contributed by atoms with E-state index in [1.807, 2.05) is 0 Å². The highest BCUT2D eigenvalue weighted by molar-refractivity contribution is 7.94. The number of hydrogen-bond acceptors (Lipinski definition) is 9. The third-order valence-electron chi connectivity index (χ3n) is 4.55. The molecule has 2 aromatic rings. The number of amides is 1. The zero-order chi connectivity index (χ0) is 22.6. The molecular weight excluding hydrogens is 466 g/mol. The van der Waals surface area contributed by atoms with Gasteiger partial charge < -0.3 is 10.1 Å². The molecule has 0 aliphatic carbocycles. The van der Waals surface area contributed by atoms with E-state index in [2.05, 4.69) is 20.2 Å². The van der Waals surface area contributed by atoms with Crippen LogP contribution in [0.15, 0.2) is 27.4 Å². The van der Waals surface area contributed by atoms with Gasteiger partial charge in [0.05, 0.1) is 12.8 Å². The summed E-state index contributed by atoms with van der Waals surface area (Å²) in [4.78, 5) is 11.3. The Kier molecular flexibility index (Phi) is 7.13. The number of sulfonamides is 2. The molecule has 31 heavy (non-hydrogen) atoms. The van der Waals surface area contributed by atoms with E-state index in [0.29, 0.717) is 24.4 Å². The van der Waals surface area contributed by atoms with E-state index in [-0.39, 0.29) is 38.1 Å². The fraction of sp³-hybridized carbons (Fsp3) is 0.471. The highest BCUT2D eigenvalue weighted by Gasteiger charge is 2.30. The fourth-order valence-corrected chi connectivity index (χ4v) is 6.63. The van der Waals surface area contributed by atoms with Gasteiger partial charge in [0.1, 0.15) is 10.6 Å². The molecule has 2 N–H and O–H groups in total. The average molecular weight is 490 g/mol. The Hall–Kier alpha value is -2.29. The number of hydrogen-bond donors (Lipinski definition) is 2. The van der Waals surface area contributed by atoms with Gasteiger partial charge >= 0.3 is 0 Å². The van der Waals surface area contributed by atoms with Crippen molar-refractivity contribution in [1.29, 1.82) is 0 Å². The number of benzene rings is 1. The van der Waals surface area contributed by atoms with Crippen molar-refractivity contribution >= 4 is 48.1 Å². The van der Waals surface area contributed by atoms with Crippen molar-refractivity contribution in [2.75, 3.05) is 30.2 Å². The molecule has 0 atom stereocenters. The van der Waals surface area contributed by atoms with Crippen LogP contribution in [-0.2, 0) is 24.8 Å². The lowest BCUT2D eigenvalue weighted by molar-refractivity contribution is -0.115. The number of ether oxygens (including phenoxy) is 1. The Morgan fingerprint density at radius 1 is 1.16 bits per heavy atom. The van der Waals surface area contributed by atoms with Crippen molar-refractivity contribution < 1.29 is 26.4 Å². The second-order valence-electron chi connectivity index (χ2n) is 6.71. The molecule has 0 spiro atoms. The van der Waals surface area contributed by atoms with Crippen LogP contribution in [0.2, 0.25) is 0 Å². The van der Waals surface area contributed by atoms with E-state index in [0.717, 1.165) is 19.3 Å². The fourth-order valence-electron chi connectivity index (χ4n) is 2.96. The van der Waals surface area contributed by atoms with Crippen molar-refractivity contribution in [3.05, 3.63) is 18.2 Å². The van der Waals surface area contributed by atoms with Gasteiger partial charge in [0, 0.05) is 19.5 Å². The first-order valence-electron chi connectivity index (χ1n) is 9.51. The number of nitrogens with zero attached hydrogens (tertiary/aromatic N) is 3. The largest absolute Gasteiger partial charge is 0.495 e. The van der Waals surface area contributed by atoms with E-state index in [9.17, 15) is 21.6 Å². The molecule has 1 aromatic carbocycles. The number of nitrogens with one attached hydrogen (secondary N) is 2. The van der Waals surface area contributed by atoms with Crippen LogP contribution in [0.3, 0.4) is 0 Å². The lowest BCUT2D eigenvalue weighted by atomic mass is 10.2. The minimum absolute atomic E-state index is 0.0331. The molecule has 14 heteroatoms. The molecular formula is C17H23N5O6S3. The molecule has 0 radical (unpaired) electrons. The summed E-state index contributed by atoms with van der Waals surface area (Å²) in [5.41, 5.74) is 0.0331. The second-order valence-corrected chi connectivity index (χ2v) is 11.5. The molecule has 11 nitrogen and oxygen atoms in total. The molecule has 1 fully saturated rings. The van der Waals surface area contributed by atoms with Gasteiger partial charge in [0.25, 0.3) is 14.4 Å². The van der Waals surface area contributed by atoms with Crippen molar-refractivity contribution in [2.24, 2.45) is 0 Å². The van der Waals surface area contributed by atoms with Crippen molar-refractivity contribution in [1.82, 2.24) is 14.5 Å². The smallest absolute Gasteiger partial charge is 0.291 e. The summed E-state index contributed by atoms with van der Waals surface area (Å²) in [5.74, 6) is -0.204. The number of piperidine rings is 1. The SMILES string of the molecule is CCC(=O)Nc1nnc(S(=O)(=O)Nc2ccc(OC)c(S(=O)(=O)N3CCCCC3)c2)s1. The number of carbonyl (C=O) groups is 1. The van der Waals surface area contributed by atoms with E-state index < -0.39 is 20.0 Å². The summed E-state index contributed by atoms with van der Waals surface area (Å²) in [6, 6.07) is 4.01. The first kappa shape index (κ1) is 23.4. The Bertz CT molecular complexity index is 1160. The third-order valence-corrected chi connectivity index (χ3v) is 9.06. The maximum absolute atomic E-state index is 13.1. The number of aromatic nitrogens is 2. The standard InChI is InChI=1S/C17H23N5O6S3/c1-3-15(23)18-16-19-20-17(29-16)30(24,25)21-12-7-8-13(28-2)14(11-12)31(26,27)22-9-5-4-6-10-22/h7-8,11,21H,3-6,9-10H2,1-2H3,(H,18,19,23). The molecule has 3 rings (SSSR count). The molecule has 0 saturated carbocycles. The Morgan fingerprint density at radius 2 is 1.87 bits per heavy atom. The molecule has 1 aliphatic heterocycles. The second kappa shape index (κ2) is 9.46. The van der Waals surface area contributed by atoms with Crippen LogP contribution in [0, 0.1) is 0 Å². The zero-order valence-electron chi connectivity index (χ0n) is 17.0. The molecule has 1 amide bonds. The first-order chi connectivity index (χ1) is 14.7. The molecule has 1 aromatic heterocycles. The molecule has 0 bridgehead atoms. The quantitative estimate of drug-likeness (QED) is 0.534. The van der Waals surface area contributed by atoms with E-state index in [1.54, 1.807) is 6.92 Å². The van der Waals surface area contributed by atoms with Gasteiger partial charge in [0.15, 0.2) is 0 Å². The number of methoxy groups -OCH3 is 1. The van der Waals surface area contributed by atoms with Gasteiger partial charge in [-0.1, -0.05) is 24.7 Å². The summed E-state index contributed by atoms with van der Waals surface area (Å²) in [6.45, 7) is 2.45. The van der Waals surface area contributed by atoms with Crippen molar-refractivity contribution in [3.8, 4) is 5.75 Å². The zero-order valence-corrected chi connectivity index (χ0v) is 19.4. The predicted molar refractivity (Wildman–Crippen MR) is 115 cm³/mol. The molecule has 1 saturated heterocycles. The average Bonchev–Trinajstić information content (AvgIpc) is 3.23. The molecule has 0 unspecified atom stereocenters. The van der Waals surface area contributed by atoms with Gasteiger partial charge in [-0.25, -0.2) is 8.42 Å². The lowest BCUT2D eigenvalue weighted by Gasteiger charge is -2.26. The first-order valence-corrected chi connectivity index (χ1v) is 13.3. The van der Waals surface area contributed by atoms with Crippen LogP contribution in [0.5, 0.6) is 5.75 Å². The van der Waals surface area contributed by atoms with Gasteiger partial charge in [-0.15, -0.1) is 10.2 Å². The lowest BCUT2D eigenvalue weighted by Crippen LogP contribution is -2.35. The summed E-state index contributed by atoms with van der Waals surface area (Å²) >= 11 is 0.687. The van der Waals surface area contributed by atoms with E-state index in [4.69, 9.17) is 4.74 Å². The van der Waals surface area contributed by atoms with Crippen LogP contribution in [0.4, 0.5) is 10.8 Å². The minimum atomic E-state index is -4.15. The maximum Gasteiger partial charge on any atom is 0.291 e. The van der Waals surface area contributed by atoms with Gasteiger partial charge in [-0.3, -0.25) is 9.52 Å². The van der Waals surface area contributed by atoms with Gasteiger partial charge in [0.2, 0.25) is 21.1 Å². The Labute approximate surface area is 184 Å². The molecule has 170 valence electrons. The minimum Gasteiger partial charge on any atom is -0.495 e. The maximum atomic E-state index is 13.1. The van der Waals surface area contributed by atoms with Crippen molar-refractivity contribution in [3.63, 3.8) is 0 Å². The third kappa shape index (κ3) is 5.31.